The van der Waals surface area contributed by atoms with Gasteiger partial charge in [0.15, 0.2) is 0 Å². The van der Waals surface area contributed by atoms with Gasteiger partial charge in [0.25, 0.3) is 11.6 Å². The summed E-state index contributed by atoms with van der Waals surface area (Å²) in [4.78, 5) is 25.0. The highest BCUT2D eigenvalue weighted by Crippen LogP contribution is 2.40. The standard InChI is InChI=1S/C16H20ClN3O3.ClH/c17-12-1-2-14(20(22)23)13(11-12)15(21)19-9-5-16(6-10-19)3-7-18-8-4-16;/h1-2,11,18H,3-10H2;1H. The fourth-order valence-corrected chi connectivity index (χ4v) is 3.82. The molecule has 6 nitrogen and oxygen atoms in total. The summed E-state index contributed by atoms with van der Waals surface area (Å²) in [5, 5.41) is 14.9. The number of benzene rings is 1. The van der Waals surface area contributed by atoms with Gasteiger partial charge in [0.1, 0.15) is 5.56 Å². The van der Waals surface area contributed by atoms with E-state index < -0.39 is 4.92 Å². The second kappa shape index (κ2) is 7.68. The Morgan fingerprint density at radius 2 is 1.83 bits per heavy atom. The summed E-state index contributed by atoms with van der Waals surface area (Å²) in [6.07, 6.45) is 4.22. The molecular weight excluding hydrogens is 353 g/mol. The fraction of sp³-hybridized carbons (Fsp3) is 0.562. The van der Waals surface area contributed by atoms with Gasteiger partial charge in [-0.2, -0.15) is 0 Å². The van der Waals surface area contributed by atoms with Gasteiger partial charge < -0.3 is 10.2 Å². The first-order valence-corrected chi connectivity index (χ1v) is 8.33. The highest BCUT2D eigenvalue weighted by molar-refractivity contribution is 6.31. The Kier molecular flexibility index (Phi) is 6.06. The third-order valence-electron chi connectivity index (χ3n) is 5.16. The summed E-state index contributed by atoms with van der Waals surface area (Å²) >= 11 is 5.92. The number of likely N-dealkylation sites (tertiary alicyclic amines) is 1. The van der Waals surface area contributed by atoms with Gasteiger partial charge in [0.2, 0.25) is 0 Å². The summed E-state index contributed by atoms with van der Waals surface area (Å²) in [6.45, 7) is 3.38. The molecule has 3 rings (SSSR count). The molecule has 0 aliphatic carbocycles. The van der Waals surface area contributed by atoms with Crippen molar-refractivity contribution in [3.63, 3.8) is 0 Å². The van der Waals surface area contributed by atoms with Gasteiger partial charge in [0.05, 0.1) is 4.92 Å². The van der Waals surface area contributed by atoms with Crippen LogP contribution < -0.4 is 5.32 Å². The SMILES string of the molecule is Cl.O=C(c1cc(Cl)ccc1[N+](=O)[O-])N1CCC2(CCNCC2)CC1. The van der Waals surface area contributed by atoms with E-state index in [0.29, 0.717) is 23.5 Å². The summed E-state index contributed by atoms with van der Waals surface area (Å²) in [5.74, 6) is -0.289. The molecule has 0 atom stereocenters. The Morgan fingerprint density at radius 3 is 2.42 bits per heavy atom. The predicted molar refractivity (Wildman–Crippen MR) is 95.0 cm³/mol. The maximum absolute atomic E-state index is 12.7. The smallest absolute Gasteiger partial charge is 0.282 e. The predicted octanol–water partition coefficient (Wildman–Crippen LogP) is 3.28. The maximum atomic E-state index is 12.7. The van der Waals surface area contributed by atoms with Gasteiger partial charge >= 0.3 is 0 Å². The molecule has 8 heteroatoms. The zero-order valence-corrected chi connectivity index (χ0v) is 14.9. The Hall–Kier alpha value is -1.37. The molecule has 0 unspecified atom stereocenters. The Balaban J connectivity index is 0.00000208. The molecule has 2 heterocycles. The van der Waals surface area contributed by atoms with E-state index in [-0.39, 0.29) is 29.6 Å². The largest absolute Gasteiger partial charge is 0.338 e. The number of nitro groups is 1. The van der Waals surface area contributed by atoms with E-state index in [4.69, 9.17) is 11.6 Å². The minimum atomic E-state index is -0.526. The van der Waals surface area contributed by atoms with E-state index in [9.17, 15) is 14.9 Å². The van der Waals surface area contributed by atoms with E-state index in [1.54, 1.807) is 4.90 Å². The van der Waals surface area contributed by atoms with Gasteiger partial charge in [-0.25, -0.2) is 0 Å². The number of nitrogens with one attached hydrogen (secondary N) is 1. The highest BCUT2D eigenvalue weighted by Gasteiger charge is 2.37. The van der Waals surface area contributed by atoms with Crippen LogP contribution in [0.15, 0.2) is 18.2 Å². The van der Waals surface area contributed by atoms with Crippen molar-refractivity contribution in [3.05, 3.63) is 38.9 Å². The number of nitro benzene ring substituents is 1. The minimum absolute atomic E-state index is 0. The van der Waals surface area contributed by atoms with Crippen molar-refractivity contribution in [3.8, 4) is 0 Å². The minimum Gasteiger partial charge on any atom is -0.338 e. The second-order valence-electron chi connectivity index (χ2n) is 6.46. The Morgan fingerprint density at radius 1 is 1.21 bits per heavy atom. The first-order valence-electron chi connectivity index (χ1n) is 7.95. The van der Waals surface area contributed by atoms with Crippen LogP contribution in [0.25, 0.3) is 0 Å². The Labute approximate surface area is 152 Å². The molecular formula is C16H21Cl2N3O3. The van der Waals surface area contributed by atoms with E-state index >= 15 is 0 Å². The topological polar surface area (TPSA) is 75.5 Å². The second-order valence-corrected chi connectivity index (χ2v) is 6.90. The number of carbonyl (C=O) groups is 1. The normalized spacial score (nSPS) is 19.6. The molecule has 2 fully saturated rings. The monoisotopic (exact) mass is 373 g/mol. The third kappa shape index (κ3) is 3.82. The van der Waals surface area contributed by atoms with Crippen LogP contribution in [0.1, 0.15) is 36.0 Å². The van der Waals surface area contributed by atoms with Crippen molar-refractivity contribution in [2.24, 2.45) is 5.41 Å². The van der Waals surface area contributed by atoms with Crippen LogP contribution in [-0.4, -0.2) is 41.9 Å². The van der Waals surface area contributed by atoms with Crippen molar-refractivity contribution >= 4 is 35.6 Å². The van der Waals surface area contributed by atoms with Crippen LogP contribution >= 0.6 is 24.0 Å². The van der Waals surface area contributed by atoms with Gasteiger partial charge in [-0.05, 0) is 56.3 Å². The number of hydrogen-bond donors (Lipinski definition) is 1. The molecule has 0 radical (unpaired) electrons. The summed E-state index contributed by atoms with van der Waals surface area (Å²) in [6, 6.07) is 4.14. The molecule has 2 aliphatic rings. The number of piperidine rings is 2. The van der Waals surface area contributed by atoms with E-state index in [2.05, 4.69) is 5.32 Å². The number of hydrogen-bond acceptors (Lipinski definition) is 4. The van der Waals surface area contributed by atoms with Crippen molar-refractivity contribution in [1.82, 2.24) is 10.2 Å². The molecule has 24 heavy (non-hydrogen) atoms. The molecule has 1 aromatic rings. The summed E-state index contributed by atoms with van der Waals surface area (Å²) in [5.41, 5.74) is 0.243. The van der Waals surface area contributed by atoms with Crippen LogP contribution in [-0.2, 0) is 0 Å². The molecule has 1 aromatic carbocycles. The molecule has 2 saturated heterocycles. The van der Waals surface area contributed by atoms with Crippen molar-refractivity contribution in [2.75, 3.05) is 26.2 Å². The van der Waals surface area contributed by atoms with Crippen LogP contribution in [0.3, 0.4) is 0 Å². The summed E-state index contributed by atoms with van der Waals surface area (Å²) < 4.78 is 0. The van der Waals surface area contributed by atoms with Crippen molar-refractivity contribution < 1.29 is 9.72 Å². The Bertz CT molecular complexity index is 623. The van der Waals surface area contributed by atoms with Crippen LogP contribution in [0.4, 0.5) is 5.69 Å². The first-order chi connectivity index (χ1) is 11.0. The lowest BCUT2D eigenvalue weighted by atomic mass is 9.71. The zero-order chi connectivity index (χ0) is 16.4. The number of halogens is 2. The molecule has 132 valence electrons. The zero-order valence-electron chi connectivity index (χ0n) is 13.3. The van der Waals surface area contributed by atoms with E-state index in [1.165, 1.54) is 18.2 Å². The van der Waals surface area contributed by atoms with Crippen LogP contribution in [0.2, 0.25) is 5.02 Å². The molecule has 2 aliphatic heterocycles. The van der Waals surface area contributed by atoms with Crippen molar-refractivity contribution in [2.45, 2.75) is 25.7 Å². The van der Waals surface area contributed by atoms with Gasteiger partial charge in [-0.1, -0.05) is 11.6 Å². The molecule has 0 aromatic heterocycles. The van der Waals surface area contributed by atoms with E-state index in [1.807, 2.05) is 0 Å². The lowest BCUT2D eigenvalue weighted by Crippen LogP contribution is -2.47. The molecule has 0 bridgehead atoms. The number of amides is 1. The van der Waals surface area contributed by atoms with Crippen LogP contribution in [0.5, 0.6) is 0 Å². The number of carbonyl (C=O) groups excluding carboxylic acids is 1. The average Bonchev–Trinajstić information content (AvgIpc) is 2.55. The molecule has 1 spiro atoms. The van der Waals surface area contributed by atoms with Crippen LogP contribution in [0, 0.1) is 15.5 Å². The maximum Gasteiger partial charge on any atom is 0.282 e. The average molecular weight is 374 g/mol. The highest BCUT2D eigenvalue weighted by atomic mass is 35.5. The lowest BCUT2D eigenvalue weighted by Gasteiger charge is -2.44. The molecule has 0 saturated carbocycles. The van der Waals surface area contributed by atoms with Gasteiger partial charge in [-0.15, -0.1) is 12.4 Å². The quantitative estimate of drug-likeness (QED) is 0.637. The third-order valence-corrected chi connectivity index (χ3v) is 5.40. The summed E-state index contributed by atoms with van der Waals surface area (Å²) in [7, 11) is 0. The molecule has 1 N–H and O–H groups in total. The fourth-order valence-electron chi connectivity index (χ4n) is 3.65. The van der Waals surface area contributed by atoms with E-state index in [0.717, 1.165) is 38.8 Å². The lowest BCUT2D eigenvalue weighted by molar-refractivity contribution is -0.385. The number of nitrogens with zero attached hydrogens (tertiary/aromatic N) is 2. The van der Waals surface area contributed by atoms with Crippen molar-refractivity contribution in [1.29, 1.82) is 0 Å². The van der Waals surface area contributed by atoms with Gasteiger partial charge in [-0.3, -0.25) is 14.9 Å². The molecule has 1 amide bonds. The number of rotatable bonds is 2. The first kappa shape index (κ1) is 19.0. The van der Waals surface area contributed by atoms with Gasteiger partial charge in [0, 0.05) is 24.2 Å².